The van der Waals surface area contributed by atoms with Crippen LogP contribution in [0, 0.1) is 5.82 Å². The van der Waals surface area contributed by atoms with Gasteiger partial charge in [-0.1, -0.05) is 6.07 Å². The van der Waals surface area contributed by atoms with Crippen LogP contribution in [0.2, 0.25) is 0 Å². The van der Waals surface area contributed by atoms with Gasteiger partial charge in [0.15, 0.2) is 0 Å². The van der Waals surface area contributed by atoms with E-state index in [2.05, 4.69) is 5.32 Å². The molecule has 2 aliphatic heterocycles. The molecule has 1 amide bonds. The van der Waals surface area contributed by atoms with E-state index in [1.807, 2.05) is 6.92 Å². The molecule has 21 heavy (non-hydrogen) atoms. The van der Waals surface area contributed by atoms with E-state index in [1.165, 1.54) is 18.2 Å². The summed E-state index contributed by atoms with van der Waals surface area (Å²) in [5, 5.41) is 13.4. The van der Waals surface area contributed by atoms with Crippen molar-refractivity contribution in [2.45, 2.75) is 50.7 Å². The first kappa shape index (κ1) is 14.3. The number of carbonyl (C=O) groups is 1. The lowest BCUT2D eigenvalue weighted by Gasteiger charge is -2.37. The lowest BCUT2D eigenvalue weighted by Crippen LogP contribution is -2.50. The van der Waals surface area contributed by atoms with Gasteiger partial charge in [-0.05, 0) is 44.7 Å². The Morgan fingerprint density at radius 2 is 2.05 bits per heavy atom. The van der Waals surface area contributed by atoms with Crippen LogP contribution in [0.3, 0.4) is 0 Å². The molecular formula is C16H21FN2O2. The van der Waals surface area contributed by atoms with Crippen LogP contribution in [0.25, 0.3) is 0 Å². The van der Waals surface area contributed by atoms with Crippen molar-refractivity contribution < 1.29 is 14.3 Å². The molecule has 4 nitrogen and oxygen atoms in total. The molecule has 2 saturated heterocycles. The topological polar surface area (TPSA) is 52.6 Å². The number of phenols is 1. The van der Waals surface area contributed by atoms with Crippen LogP contribution in [0.1, 0.15) is 43.0 Å². The van der Waals surface area contributed by atoms with Crippen molar-refractivity contribution >= 4 is 5.91 Å². The Kier molecular flexibility index (Phi) is 3.85. The molecule has 2 unspecified atom stereocenters. The van der Waals surface area contributed by atoms with Crippen LogP contribution in [0.5, 0.6) is 5.75 Å². The highest BCUT2D eigenvalue weighted by atomic mass is 19.1. The molecule has 2 bridgehead atoms. The van der Waals surface area contributed by atoms with Gasteiger partial charge < -0.3 is 15.3 Å². The summed E-state index contributed by atoms with van der Waals surface area (Å²) in [6.07, 6.45) is 4.12. The van der Waals surface area contributed by atoms with Gasteiger partial charge in [0.25, 0.3) is 5.91 Å². The van der Waals surface area contributed by atoms with E-state index in [0.29, 0.717) is 18.6 Å². The standard InChI is InChI=1S/C16H21FN2O2/c1-2-19(12-8-10-6-7-11(9-12)18-10)16(21)15-13(17)4-3-5-14(15)20/h3-5,10-12,18,20H,2,6-9H2,1H3. The second-order valence-electron chi connectivity index (χ2n) is 5.99. The maximum atomic E-state index is 13.9. The summed E-state index contributed by atoms with van der Waals surface area (Å²) < 4.78 is 13.9. The molecule has 0 aromatic heterocycles. The van der Waals surface area contributed by atoms with Gasteiger partial charge in [-0.2, -0.15) is 0 Å². The van der Waals surface area contributed by atoms with Gasteiger partial charge >= 0.3 is 0 Å². The third-order valence-electron chi connectivity index (χ3n) is 4.70. The highest BCUT2D eigenvalue weighted by molar-refractivity contribution is 5.97. The molecule has 2 fully saturated rings. The Morgan fingerprint density at radius 3 is 2.62 bits per heavy atom. The third-order valence-corrected chi connectivity index (χ3v) is 4.70. The Labute approximate surface area is 124 Å². The lowest BCUT2D eigenvalue weighted by molar-refractivity contribution is 0.0623. The van der Waals surface area contributed by atoms with E-state index >= 15 is 0 Å². The number of phenolic OH excluding ortho intramolecular Hbond substituents is 1. The van der Waals surface area contributed by atoms with Crippen LogP contribution in [0.4, 0.5) is 4.39 Å². The number of benzene rings is 1. The highest BCUT2D eigenvalue weighted by Gasteiger charge is 2.38. The molecule has 0 radical (unpaired) electrons. The number of halogens is 1. The van der Waals surface area contributed by atoms with E-state index < -0.39 is 11.7 Å². The van der Waals surface area contributed by atoms with Crippen LogP contribution in [-0.2, 0) is 0 Å². The van der Waals surface area contributed by atoms with Crippen molar-refractivity contribution in [2.75, 3.05) is 6.54 Å². The largest absolute Gasteiger partial charge is 0.507 e. The molecule has 2 aliphatic rings. The summed E-state index contributed by atoms with van der Waals surface area (Å²) in [5.41, 5.74) is -0.203. The highest BCUT2D eigenvalue weighted by Crippen LogP contribution is 2.31. The van der Waals surface area contributed by atoms with E-state index in [9.17, 15) is 14.3 Å². The first-order chi connectivity index (χ1) is 10.1. The quantitative estimate of drug-likeness (QED) is 0.898. The maximum absolute atomic E-state index is 13.9. The second-order valence-corrected chi connectivity index (χ2v) is 5.99. The van der Waals surface area contributed by atoms with E-state index in [1.54, 1.807) is 4.90 Å². The van der Waals surface area contributed by atoms with Gasteiger partial charge in [-0.15, -0.1) is 0 Å². The zero-order valence-electron chi connectivity index (χ0n) is 12.2. The van der Waals surface area contributed by atoms with Gasteiger partial charge in [0.1, 0.15) is 17.1 Å². The summed E-state index contributed by atoms with van der Waals surface area (Å²) >= 11 is 0. The van der Waals surface area contributed by atoms with Gasteiger partial charge in [0.05, 0.1) is 0 Å². The predicted molar refractivity (Wildman–Crippen MR) is 77.7 cm³/mol. The lowest BCUT2D eigenvalue weighted by atomic mass is 9.97. The molecule has 0 spiro atoms. The Bertz CT molecular complexity index is 517. The average Bonchev–Trinajstić information content (AvgIpc) is 2.78. The van der Waals surface area contributed by atoms with E-state index in [0.717, 1.165) is 25.7 Å². The molecule has 2 N–H and O–H groups in total. The number of piperidine rings is 1. The molecule has 2 heterocycles. The first-order valence-corrected chi connectivity index (χ1v) is 7.64. The summed E-state index contributed by atoms with van der Waals surface area (Å²) in [7, 11) is 0. The van der Waals surface area contributed by atoms with Gasteiger partial charge in [0, 0.05) is 24.7 Å². The molecule has 5 heteroatoms. The number of amides is 1. The minimum atomic E-state index is -0.657. The molecule has 2 atom stereocenters. The van der Waals surface area contributed by atoms with E-state index in [4.69, 9.17) is 0 Å². The van der Waals surface area contributed by atoms with Crippen molar-refractivity contribution in [1.82, 2.24) is 10.2 Å². The number of carbonyl (C=O) groups excluding carboxylic acids is 1. The summed E-state index contributed by atoms with van der Waals surface area (Å²) in [6, 6.07) is 5.03. The number of aromatic hydroxyl groups is 1. The van der Waals surface area contributed by atoms with Gasteiger partial charge in [0.2, 0.25) is 0 Å². The maximum Gasteiger partial charge on any atom is 0.260 e. The van der Waals surface area contributed by atoms with Crippen molar-refractivity contribution in [3.05, 3.63) is 29.6 Å². The number of rotatable bonds is 3. The fourth-order valence-electron chi connectivity index (χ4n) is 3.72. The average molecular weight is 292 g/mol. The number of hydrogen-bond donors (Lipinski definition) is 2. The fourth-order valence-corrected chi connectivity index (χ4v) is 3.72. The SMILES string of the molecule is CCN(C(=O)c1c(O)cccc1F)C1CC2CCC(C1)N2. The third kappa shape index (κ3) is 2.62. The first-order valence-electron chi connectivity index (χ1n) is 7.64. The molecular weight excluding hydrogens is 271 g/mol. The Morgan fingerprint density at radius 1 is 1.38 bits per heavy atom. The summed E-state index contributed by atoms with van der Waals surface area (Å²) in [4.78, 5) is 14.4. The van der Waals surface area contributed by atoms with Crippen molar-refractivity contribution in [1.29, 1.82) is 0 Å². The molecule has 3 rings (SSSR count). The monoisotopic (exact) mass is 292 g/mol. The summed E-state index contributed by atoms with van der Waals surface area (Å²) in [6.45, 7) is 2.43. The van der Waals surface area contributed by atoms with Crippen molar-refractivity contribution in [3.8, 4) is 5.75 Å². The molecule has 1 aromatic carbocycles. The van der Waals surface area contributed by atoms with Crippen molar-refractivity contribution in [2.24, 2.45) is 0 Å². The normalized spacial score (nSPS) is 27.6. The molecule has 1 aromatic rings. The van der Waals surface area contributed by atoms with Gasteiger partial charge in [-0.25, -0.2) is 4.39 Å². The molecule has 114 valence electrons. The predicted octanol–water partition coefficient (Wildman–Crippen LogP) is 2.28. The van der Waals surface area contributed by atoms with Crippen LogP contribution in [0.15, 0.2) is 18.2 Å². The fraction of sp³-hybridized carbons (Fsp3) is 0.562. The summed E-state index contributed by atoms with van der Waals surface area (Å²) in [5.74, 6) is -1.34. The Balaban J connectivity index is 1.84. The Hall–Kier alpha value is -1.62. The number of hydrogen-bond acceptors (Lipinski definition) is 3. The van der Waals surface area contributed by atoms with Gasteiger partial charge in [-0.3, -0.25) is 4.79 Å². The second kappa shape index (κ2) is 5.64. The zero-order chi connectivity index (χ0) is 15.0. The molecule has 0 saturated carbocycles. The number of fused-ring (bicyclic) bond motifs is 2. The zero-order valence-corrected chi connectivity index (χ0v) is 12.2. The number of nitrogens with zero attached hydrogens (tertiary/aromatic N) is 1. The van der Waals surface area contributed by atoms with Crippen molar-refractivity contribution in [3.63, 3.8) is 0 Å². The number of nitrogens with one attached hydrogen (secondary N) is 1. The molecule has 0 aliphatic carbocycles. The van der Waals surface area contributed by atoms with Crippen LogP contribution >= 0.6 is 0 Å². The smallest absolute Gasteiger partial charge is 0.260 e. The van der Waals surface area contributed by atoms with E-state index in [-0.39, 0.29) is 17.4 Å². The van der Waals surface area contributed by atoms with Crippen LogP contribution < -0.4 is 5.32 Å². The minimum Gasteiger partial charge on any atom is -0.507 e. The van der Waals surface area contributed by atoms with Crippen LogP contribution in [-0.4, -0.2) is 40.6 Å². The minimum absolute atomic E-state index is 0.125.